The van der Waals surface area contributed by atoms with Crippen LogP contribution in [0.1, 0.15) is 44.5 Å². The minimum absolute atomic E-state index is 0.372. The van der Waals surface area contributed by atoms with E-state index in [0.717, 1.165) is 12.1 Å². The maximum atomic E-state index is 13.6. The average Bonchev–Trinajstić information content (AvgIpc) is 2.63. The van der Waals surface area contributed by atoms with Crippen LogP contribution in [0.2, 0.25) is 5.82 Å². The van der Waals surface area contributed by atoms with E-state index >= 15 is 0 Å². The van der Waals surface area contributed by atoms with Gasteiger partial charge >= 0.3 is 13.3 Å². The van der Waals surface area contributed by atoms with Crippen LogP contribution in [0.5, 0.6) is 0 Å². The number of Topliss-reactive ketones (excluding diaryl/α,β-unsaturated/α-hetero) is 1. The molecule has 0 spiro atoms. The third kappa shape index (κ3) is 3.64. The van der Waals surface area contributed by atoms with Crippen molar-refractivity contribution < 1.29 is 31.7 Å². The van der Waals surface area contributed by atoms with Crippen LogP contribution in [0.15, 0.2) is 24.3 Å². The number of alkyl halides is 3. The summed E-state index contributed by atoms with van der Waals surface area (Å²) in [4.78, 5) is 12.2. The van der Waals surface area contributed by atoms with Crippen LogP contribution in [-0.2, 0) is 9.31 Å². The number of hydrogen-bond donors (Lipinski definition) is 0. The molecule has 1 saturated heterocycles. The highest BCUT2D eigenvalue weighted by atomic mass is 19.4. The molecule has 1 aliphatic rings. The Morgan fingerprint density at radius 1 is 1.12 bits per heavy atom. The van der Waals surface area contributed by atoms with E-state index in [4.69, 9.17) is 9.31 Å². The topological polar surface area (TPSA) is 35.5 Å². The van der Waals surface area contributed by atoms with Gasteiger partial charge in [0.05, 0.1) is 22.6 Å². The molecule has 0 radical (unpaired) electrons. The van der Waals surface area contributed by atoms with Gasteiger partial charge in [0.2, 0.25) is 0 Å². The summed E-state index contributed by atoms with van der Waals surface area (Å²) in [5, 5.41) is 0. The second-order valence-electron chi connectivity index (χ2n) is 6.88. The van der Waals surface area contributed by atoms with E-state index in [1.54, 1.807) is 27.7 Å². The summed E-state index contributed by atoms with van der Waals surface area (Å²) in [5.74, 6) is -3.96. The number of carbonyl (C=O) groups is 1. The minimum Gasteiger partial charge on any atom is -0.403 e. The molecule has 0 N–H and O–H groups in total. The molecule has 0 amide bonds. The zero-order valence-corrected chi connectivity index (χ0v) is 13.9. The average molecular weight is 346 g/mol. The molecule has 3 nitrogen and oxygen atoms in total. The van der Waals surface area contributed by atoms with Crippen LogP contribution < -0.4 is 0 Å². The van der Waals surface area contributed by atoms with Crippen molar-refractivity contribution in [2.24, 2.45) is 0 Å². The van der Waals surface area contributed by atoms with E-state index < -0.39 is 48.3 Å². The fourth-order valence-electron chi connectivity index (χ4n) is 2.42. The Labute approximate surface area is 138 Å². The third-order valence-electron chi connectivity index (χ3n) is 4.60. The molecule has 132 valence electrons. The molecule has 1 aromatic carbocycles. The first kappa shape index (κ1) is 18.9. The second kappa shape index (κ2) is 6.15. The predicted octanol–water partition coefficient (Wildman–Crippen LogP) is 4.42. The SMILES string of the molecule is CC1(C)OB([C@@H](CC(=O)c2ccccc2F)C(F)(F)F)OC1(C)C. The Hall–Kier alpha value is -1.41. The molecule has 1 heterocycles. The van der Waals surface area contributed by atoms with Gasteiger partial charge in [-0.2, -0.15) is 13.2 Å². The van der Waals surface area contributed by atoms with Crippen LogP contribution in [0.4, 0.5) is 17.6 Å². The molecular formula is C16H19BF4O3. The summed E-state index contributed by atoms with van der Waals surface area (Å²) < 4.78 is 64.8. The van der Waals surface area contributed by atoms with Crippen molar-refractivity contribution in [2.75, 3.05) is 0 Å². The van der Waals surface area contributed by atoms with Gasteiger partial charge in [-0.3, -0.25) is 4.79 Å². The first-order valence-corrected chi connectivity index (χ1v) is 7.55. The van der Waals surface area contributed by atoms with Crippen molar-refractivity contribution in [1.29, 1.82) is 0 Å². The summed E-state index contributed by atoms with van der Waals surface area (Å²) in [6, 6.07) is 4.95. The number of hydrogen-bond acceptors (Lipinski definition) is 3. The van der Waals surface area contributed by atoms with Crippen LogP contribution >= 0.6 is 0 Å². The summed E-state index contributed by atoms with van der Waals surface area (Å²) in [6.45, 7) is 6.50. The van der Waals surface area contributed by atoms with E-state index in [1.807, 2.05) is 0 Å². The lowest BCUT2D eigenvalue weighted by Crippen LogP contribution is -2.41. The first-order chi connectivity index (χ1) is 10.8. The van der Waals surface area contributed by atoms with Crippen molar-refractivity contribution in [3.05, 3.63) is 35.6 Å². The van der Waals surface area contributed by atoms with E-state index in [1.165, 1.54) is 12.1 Å². The van der Waals surface area contributed by atoms with Gasteiger partial charge in [0, 0.05) is 6.42 Å². The van der Waals surface area contributed by atoms with E-state index in [0.29, 0.717) is 0 Å². The molecule has 0 saturated carbocycles. The molecule has 1 aromatic rings. The first-order valence-electron chi connectivity index (χ1n) is 7.55. The third-order valence-corrected chi connectivity index (χ3v) is 4.60. The number of benzene rings is 1. The van der Waals surface area contributed by atoms with Gasteiger partial charge in [0.25, 0.3) is 0 Å². The summed E-state index contributed by atoms with van der Waals surface area (Å²) in [5.41, 5.74) is -2.28. The van der Waals surface area contributed by atoms with Crippen molar-refractivity contribution in [1.82, 2.24) is 0 Å². The molecule has 1 atom stereocenters. The van der Waals surface area contributed by atoms with Gasteiger partial charge in [0.15, 0.2) is 5.78 Å². The lowest BCUT2D eigenvalue weighted by atomic mass is 9.68. The monoisotopic (exact) mass is 346 g/mol. The molecule has 1 aliphatic heterocycles. The summed E-state index contributed by atoms with van der Waals surface area (Å²) >= 11 is 0. The highest BCUT2D eigenvalue weighted by molar-refractivity contribution is 6.48. The van der Waals surface area contributed by atoms with Crippen LogP contribution in [0, 0.1) is 5.82 Å². The van der Waals surface area contributed by atoms with Crippen molar-refractivity contribution >= 4 is 12.9 Å². The maximum absolute atomic E-state index is 13.6. The van der Waals surface area contributed by atoms with Crippen molar-refractivity contribution in [3.8, 4) is 0 Å². The highest BCUT2D eigenvalue weighted by Crippen LogP contribution is 2.46. The Balaban J connectivity index is 2.26. The fourth-order valence-corrected chi connectivity index (χ4v) is 2.42. The molecule has 0 aliphatic carbocycles. The lowest BCUT2D eigenvalue weighted by molar-refractivity contribution is -0.138. The largest absolute Gasteiger partial charge is 0.470 e. The second-order valence-corrected chi connectivity index (χ2v) is 6.88. The van der Waals surface area contributed by atoms with E-state index in [-0.39, 0.29) is 5.56 Å². The molecule has 2 rings (SSSR count). The maximum Gasteiger partial charge on any atom is 0.470 e. The Morgan fingerprint density at radius 2 is 1.62 bits per heavy atom. The van der Waals surface area contributed by atoms with Crippen molar-refractivity contribution in [3.63, 3.8) is 0 Å². The van der Waals surface area contributed by atoms with E-state index in [9.17, 15) is 22.4 Å². The zero-order chi connectivity index (χ0) is 18.3. The number of halogens is 4. The van der Waals surface area contributed by atoms with Crippen LogP contribution in [0.3, 0.4) is 0 Å². The number of carbonyl (C=O) groups excluding carboxylic acids is 1. The summed E-state index contributed by atoms with van der Waals surface area (Å²) in [6.07, 6.45) is -5.66. The smallest absolute Gasteiger partial charge is 0.403 e. The fraction of sp³-hybridized carbons (Fsp3) is 0.562. The van der Waals surface area contributed by atoms with Gasteiger partial charge in [0.1, 0.15) is 5.82 Å². The van der Waals surface area contributed by atoms with Crippen molar-refractivity contribution in [2.45, 2.75) is 57.3 Å². The summed E-state index contributed by atoms with van der Waals surface area (Å²) in [7, 11) is -1.62. The number of ketones is 1. The van der Waals surface area contributed by atoms with Gasteiger partial charge in [-0.1, -0.05) is 12.1 Å². The van der Waals surface area contributed by atoms with Crippen LogP contribution in [-0.4, -0.2) is 30.3 Å². The van der Waals surface area contributed by atoms with Gasteiger partial charge in [-0.05, 0) is 39.8 Å². The standard InChI is InChI=1S/C16H19BF4O3/c1-14(2)15(3,4)24-17(23-14)13(16(19,20)21)9-12(22)10-7-5-6-8-11(10)18/h5-8,13H,9H2,1-4H3/t13-/m0/s1. The molecular weight excluding hydrogens is 327 g/mol. The molecule has 24 heavy (non-hydrogen) atoms. The molecule has 1 fully saturated rings. The highest BCUT2D eigenvalue weighted by Gasteiger charge is 2.60. The normalized spacial score (nSPS) is 20.9. The van der Waals surface area contributed by atoms with Gasteiger partial charge in [-0.15, -0.1) is 0 Å². The minimum atomic E-state index is -4.72. The van der Waals surface area contributed by atoms with Crippen LogP contribution in [0.25, 0.3) is 0 Å². The zero-order valence-electron chi connectivity index (χ0n) is 13.9. The Bertz CT molecular complexity index is 612. The van der Waals surface area contributed by atoms with Gasteiger partial charge < -0.3 is 9.31 Å². The quantitative estimate of drug-likeness (QED) is 0.460. The Morgan fingerprint density at radius 3 is 2.08 bits per heavy atom. The number of rotatable bonds is 4. The Kier molecular flexibility index (Phi) is 4.85. The molecule has 0 bridgehead atoms. The molecule has 0 unspecified atom stereocenters. The predicted molar refractivity (Wildman–Crippen MR) is 81.2 cm³/mol. The lowest BCUT2D eigenvalue weighted by Gasteiger charge is -2.32. The molecule has 0 aromatic heterocycles. The molecule has 8 heteroatoms. The van der Waals surface area contributed by atoms with Gasteiger partial charge in [-0.25, -0.2) is 4.39 Å². The van der Waals surface area contributed by atoms with E-state index in [2.05, 4.69) is 0 Å².